The molecule has 0 bridgehead atoms. The van der Waals surface area contributed by atoms with Crippen molar-refractivity contribution in [3.05, 3.63) is 17.5 Å². The summed E-state index contributed by atoms with van der Waals surface area (Å²) in [4.78, 5) is 14.4. The van der Waals surface area contributed by atoms with Crippen molar-refractivity contribution in [1.82, 2.24) is 14.7 Å². The molecule has 6 heteroatoms. The van der Waals surface area contributed by atoms with E-state index in [2.05, 4.69) is 5.10 Å². The van der Waals surface area contributed by atoms with Gasteiger partial charge in [0.2, 0.25) is 0 Å². The van der Waals surface area contributed by atoms with Crippen molar-refractivity contribution < 1.29 is 4.79 Å². The van der Waals surface area contributed by atoms with Crippen molar-refractivity contribution in [2.24, 2.45) is 24.6 Å². The Hall–Kier alpha value is -1.07. The fourth-order valence-electron chi connectivity index (χ4n) is 3.45. The Morgan fingerprint density at radius 3 is 2.74 bits per heavy atom. The van der Waals surface area contributed by atoms with Crippen molar-refractivity contribution >= 4 is 18.3 Å². The lowest BCUT2D eigenvalue weighted by Crippen LogP contribution is -2.33. The zero-order valence-corrected chi connectivity index (χ0v) is 12.2. The van der Waals surface area contributed by atoms with E-state index in [4.69, 9.17) is 5.73 Å². The first kappa shape index (κ1) is 14.3. The van der Waals surface area contributed by atoms with E-state index in [-0.39, 0.29) is 24.4 Å². The predicted octanol–water partition coefficient (Wildman–Crippen LogP) is 0.960. The zero-order valence-electron chi connectivity index (χ0n) is 11.4. The average molecular weight is 285 g/mol. The number of carbonyl (C=O) groups is 1. The summed E-state index contributed by atoms with van der Waals surface area (Å²) in [6.45, 7) is 3.57. The zero-order chi connectivity index (χ0) is 12.9. The Kier molecular flexibility index (Phi) is 3.87. The highest BCUT2D eigenvalue weighted by atomic mass is 35.5. The maximum absolute atomic E-state index is 12.5. The van der Waals surface area contributed by atoms with Gasteiger partial charge in [-0.05, 0) is 31.6 Å². The quantitative estimate of drug-likeness (QED) is 0.835. The molecule has 2 aliphatic rings. The number of amides is 1. The number of nitrogens with two attached hydrogens (primary N) is 1. The minimum absolute atomic E-state index is 0. The average Bonchev–Trinajstić information content (AvgIpc) is 2.96. The van der Waals surface area contributed by atoms with Gasteiger partial charge >= 0.3 is 0 Å². The smallest absolute Gasteiger partial charge is 0.257 e. The molecule has 106 valence electrons. The van der Waals surface area contributed by atoms with E-state index in [1.807, 2.05) is 25.1 Å². The Labute approximate surface area is 119 Å². The van der Waals surface area contributed by atoms with Gasteiger partial charge in [-0.15, -0.1) is 12.4 Å². The molecule has 2 N–H and O–H groups in total. The standard InChI is InChI=1S/C13H20N4O.ClH/c1-8-10(6-16(2)15-8)13(18)17-5-9-3-4-12(14)11(9)7-17;/h6,9,11-12H,3-5,7,14H2,1-2H3;1H. The van der Waals surface area contributed by atoms with Crippen LogP contribution in [-0.2, 0) is 7.05 Å². The largest absolute Gasteiger partial charge is 0.338 e. The summed E-state index contributed by atoms with van der Waals surface area (Å²) in [6, 6.07) is 0.280. The number of nitrogens with zero attached hydrogens (tertiary/aromatic N) is 3. The van der Waals surface area contributed by atoms with Crippen molar-refractivity contribution in [1.29, 1.82) is 0 Å². The van der Waals surface area contributed by atoms with E-state index in [1.54, 1.807) is 4.68 Å². The Morgan fingerprint density at radius 1 is 1.42 bits per heavy atom. The normalized spacial score (nSPS) is 29.2. The summed E-state index contributed by atoms with van der Waals surface area (Å²) in [5.74, 6) is 1.23. The van der Waals surface area contributed by atoms with Crippen LogP contribution in [0.4, 0.5) is 0 Å². The number of hydrogen-bond acceptors (Lipinski definition) is 3. The van der Waals surface area contributed by atoms with Gasteiger partial charge in [0.15, 0.2) is 0 Å². The van der Waals surface area contributed by atoms with Gasteiger partial charge in [0, 0.05) is 32.4 Å². The molecular formula is C13H21ClN4O. The molecule has 2 fully saturated rings. The number of hydrogen-bond donors (Lipinski definition) is 1. The van der Waals surface area contributed by atoms with E-state index in [1.165, 1.54) is 6.42 Å². The number of aryl methyl sites for hydroxylation is 2. The minimum Gasteiger partial charge on any atom is -0.338 e. The van der Waals surface area contributed by atoms with E-state index in [0.29, 0.717) is 11.8 Å². The maximum atomic E-state index is 12.5. The van der Waals surface area contributed by atoms with Gasteiger partial charge < -0.3 is 10.6 Å². The molecule has 1 aliphatic carbocycles. The third-order valence-corrected chi connectivity index (χ3v) is 4.44. The number of aromatic nitrogens is 2. The van der Waals surface area contributed by atoms with Gasteiger partial charge in [0.05, 0.1) is 11.3 Å². The van der Waals surface area contributed by atoms with Gasteiger partial charge in [-0.3, -0.25) is 9.48 Å². The lowest BCUT2D eigenvalue weighted by Gasteiger charge is -2.18. The molecule has 1 aliphatic heterocycles. The lowest BCUT2D eigenvalue weighted by molar-refractivity contribution is 0.0779. The summed E-state index contributed by atoms with van der Waals surface area (Å²) in [6.07, 6.45) is 4.09. The number of rotatable bonds is 1. The molecular weight excluding hydrogens is 264 g/mol. The van der Waals surface area contributed by atoms with Crippen molar-refractivity contribution in [3.63, 3.8) is 0 Å². The van der Waals surface area contributed by atoms with Gasteiger partial charge in [-0.25, -0.2) is 0 Å². The van der Waals surface area contributed by atoms with Crippen LogP contribution in [0.2, 0.25) is 0 Å². The summed E-state index contributed by atoms with van der Waals surface area (Å²) in [5, 5.41) is 4.24. The molecule has 0 radical (unpaired) electrons. The molecule has 3 unspecified atom stereocenters. The topological polar surface area (TPSA) is 64.2 Å². The van der Waals surface area contributed by atoms with Crippen molar-refractivity contribution in [2.45, 2.75) is 25.8 Å². The summed E-state index contributed by atoms with van der Waals surface area (Å²) in [5.41, 5.74) is 7.64. The molecule has 0 spiro atoms. The molecule has 1 saturated carbocycles. The van der Waals surface area contributed by atoms with Crippen LogP contribution < -0.4 is 5.73 Å². The number of halogens is 1. The van der Waals surface area contributed by atoms with E-state index in [9.17, 15) is 4.79 Å². The first-order valence-corrected chi connectivity index (χ1v) is 6.61. The summed E-state index contributed by atoms with van der Waals surface area (Å²) < 4.78 is 1.70. The number of carbonyl (C=O) groups excluding carboxylic acids is 1. The van der Waals surface area contributed by atoms with Crippen LogP contribution in [0.25, 0.3) is 0 Å². The molecule has 2 heterocycles. The van der Waals surface area contributed by atoms with Gasteiger partial charge in [-0.2, -0.15) is 5.10 Å². The Bertz CT molecular complexity index is 487. The van der Waals surface area contributed by atoms with E-state index >= 15 is 0 Å². The van der Waals surface area contributed by atoms with Crippen LogP contribution >= 0.6 is 12.4 Å². The third kappa shape index (κ3) is 2.37. The molecule has 1 aromatic heterocycles. The fraction of sp³-hybridized carbons (Fsp3) is 0.692. The molecule has 1 saturated heterocycles. The van der Waals surface area contributed by atoms with Gasteiger partial charge in [0.1, 0.15) is 0 Å². The van der Waals surface area contributed by atoms with Crippen molar-refractivity contribution in [3.8, 4) is 0 Å². The lowest BCUT2D eigenvalue weighted by atomic mass is 9.98. The highest BCUT2D eigenvalue weighted by Gasteiger charge is 2.42. The molecule has 1 amide bonds. The molecule has 0 aromatic carbocycles. The first-order valence-electron chi connectivity index (χ1n) is 6.61. The van der Waals surface area contributed by atoms with E-state index in [0.717, 1.165) is 30.8 Å². The second-order valence-corrected chi connectivity index (χ2v) is 5.68. The summed E-state index contributed by atoms with van der Waals surface area (Å²) in [7, 11) is 1.85. The first-order chi connectivity index (χ1) is 8.56. The second kappa shape index (κ2) is 5.13. The highest BCUT2D eigenvalue weighted by molar-refractivity contribution is 5.95. The van der Waals surface area contributed by atoms with Gasteiger partial charge in [0.25, 0.3) is 5.91 Å². The fourth-order valence-corrected chi connectivity index (χ4v) is 3.45. The second-order valence-electron chi connectivity index (χ2n) is 5.68. The molecule has 5 nitrogen and oxygen atoms in total. The summed E-state index contributed by atoms with van der Waals surface area (Å²) >= 11 is 0. The molecule has 1 aromatic rings. The van der Waals surface area contributed by atoms with Crippen LogP contribution in [0.3, 0.4) is 0 Å². The van der Waals surface area contributed by atoms with Crippen LogP contribution in [0.1, 0.15) is 28.9 Å². The molecule has 3 atom stereocenters. The highest BCUT2D eigenvalue weighted by Crippen LogP contribution is 2.37. The molecule has 19 heavy (non-hydrogen) atoms. The van der Waals surface area contributed by atoms with Crippen LogP contribution in [0, 0.1) is 18.8 Å². The van der Waals surface area contributed by atoms with Crippen LogP contribution in [0.15, 0.2) is 6.20 Å². The SMILES string of the molecule is Cc1nn(C)cc1C(=O)N1CC2CCC(N)C2C1.Cl. The minimum atomic E-state index is 0. The van der Waals surface area contributed by atoms with E-state index < -0.39 is 0 Å². The van der Waals surface area contributed by atoms with Crippen molar-refractivity contribution in [2.75, 3.05) is 13.1 Å². The monoisotopic (exact) mass is 284 g/mol. The number of likely N-dealkylation sites (tertiary alicyclic amines) is 1. The Balaban J connectivity index is 0.00000133. The molecule has 3 rings (SSSR count). The van der Waals surface area contributed by atoms with Gasteiger partial charge in [-0.1, -0.05) is 0 Å². The third-order valence-electron chi connectivity index (χ3n) is 4.44. The number of fused-ring (bicyclic) bond motifs is 1. The van der Waals surface area contributed by atoms with Crippen LogP contribution in [0.5, 0.6) is 0 Å². The van der Waals surface area contributed by atoms with Crippen LogP contribution in [-0.4, -0.2) is 39.7 Å². The Morgan fingerprint density at radius 2 is 2.16 bits per heavy atom. The maximum Gasteiger partial charge on any atom is 0.257 e. The predicted molar refractivity (Wildman–Crippen MR) is 75.3 cm³/mol.